The molecule has 0 aliphatic carbocycles. The molecule has 1 N–H and O–H groups in total. The predicted octanol–water partition coefficient (Wildman–Crippen LogP) is 1.98. The van der Waals surface area contributed by atoms with Crippen LogP contribution >= 0.6 is 0 Å². The number of benzene rings is 1. The van der Waals surface area contributed by atoms with Gasteiger partial charge in [-0.25, -0.2) is 0 Å². The van der Waals surface area contributed by atoms with Crippen molar-refractivity contribution in [3.05, 3.63) is 29.3 Å². The molecule has 3 nitrogen and oxygen atoms in total. The number of hydrogen-bond acceptors (Lipinski definition) is 2. The quantitative estimate of drug-likeness (QED) is 0.804. The van der Waals surface area contributed by atoms with E-state index >= 15 is 0 Å². The summed E-state index contributed by atoms with van der Waals surface area (Å²) in [6, 6.07) is 5.67. The number of hydrogen-bond donors (Lipinski definition) is 1. The van der Waals surface area contributed by atoms with Crippen molar-refractivity contribution < 1.29 is 14.6 Å². The van der Waals surface area contributed by atoms with Crippen LogP contribution in [0.1, 0.15) is 25.0 Å². The summed E-state index contributed by atoms with van der Waals surface area (Å²) in [6.45, 7) is 4.91. The zero-order chi connectivity index (χ0) is 11.1. The molecule has 2 rings (SSSR count). The standard InChI is InChI=1S/C12H14O3/c1-12(2)7-15-10-5-8(6-11(13)14)3-4-9(10)12/h3-5H,6-7H2,1-2H3,(H,13,14). The molecule has 80 valence electrons. The van der Waals surface area contributed by atoms with Gasteiger partial charge in [0.05, 0.1) is 13.0 Å². The first-order valence-electron chi connectivity index (χ1n) is 4.97. The Morgan fingerprint density at radius 3 is 2.93 bits per heavy atom. The van der Waals surface area contributed by atoms with E-state index in [0.717, 1.165) is 16.9 Å². The summed E-state index contributed by atoms with van der Waals surface area (Å²) in [6.07, 6.45) is 0.0526. The number of rotatable bonds is 2. The number of carbonyl (C=O) groups is 1. The third-order valence-electron chi connectivity index (χ3n) is 2.72. The van der Waals surface area contributed by atoms with Crippen LogP contribution in [-0.4, -0.2) is 17.7 Å². The molecular formula is C12H14O3. The summed E-state index contributed by atoms with van der Waals surface area (Å²) >= 11 is 0. The normalized spacial score (nSPS) is 16.9. The topological polar surface area (TPSA) is 46.5 Å². The maximum atomic E-state index is 10.6. The molecule has 0 fully saturated rings. The molecule has 0 aromatic heterocycles. The zero-order valence-corrected chi connectivity index (χ0v) is 8.91. The van der Waals surface area contributed by atoms with Gasteiger partial charge < -0.3 is 9.84 Å². The first kappa shape index (κ1) is 10.0. The maximum absolute atomic E-state index is 10.6. The van der Waals surface area contributed by atoms with E-state index < -0.39 is 5.97 Å². The summed E-state index contributed by atoms with van der Waals surface area (Å²) in [4.78, 5) is 10.6. The molecule has 1 aliphatic heterocycles. The van der Waals surface area contributed by atoms with E-state index in [9.17, 15) is 4.79 Å². The van der Waals surface area contributed by atoms with Gasteiger partial charge in [-0.05, 0) is 11.6 Å². The Bertz CT molecular complexity index is 407. The monoisotopic (exact) mass is 206 g/mol. The van der Waals surface area contributed by atoms with Gasteiger partial charge in [0.2, 0.25) is 0 Å². The molecule has 0 saturated carbocycles. The first-order chi connectivity index (χ1) is 6.99. The zero-order valence-electron chi connectivity index (χ0n) is 8.91. The average molecular weight is 206 g/mol. The fourth-order valence-electron chi connectivity index (χ4n) is 1.87. The molecule has 0 spiro atoms. The molecule has 0 bridgehead atoms. The third-order valence-corrected chi connectivity index (χ3v) is 2.72. The Balaban J connectivity index is 2.33. The lowest BCUT2D eigenvalue weighted by Gasteiger charge is -2.14. The molecule has 1 heterocycles. The highest BCUT2D eigenvalue weighted by atomic mass is 16.5. The van der Waals surface area contributed by atoms with Gasteiger partial charge >= 0.3 is 5.97 Å². The van der Waals surface area contributed by atoms with E-state index in [1.165, 1.54) is 0 Å². The summed E-state index contributed by atoms with van der Waals surface area (Å²) in [5.74, 6) is 0.0194. The molecule has 1 aromatic rings. The fraction of sp³-hybridized carbons (Fsp3) is 0.417. The van der Waals surface area contributed by atoms with Crippen LogP contribution in [0.3, 0.4) is 0 Å². The fourth-order valence-corrected chi connectivity index (χ4v) is 1.87. The highest BCUT2D eigenvalue weighted by molar-refractivity contribution is 5.70. The second-order valence-electron chi connectivity index (χ2n) is 4.57. The van der Waals surface area contributed by atoms with Crippen molar-refractivity contribution >= 4 is 5.97 Å². The lowest BCUT2D eigenvalue weighted by molar-refractivity contribution is -0.136. The number of carboxylic acid groups (broad SMARTS) is 1. The predicted molar refractivity (Wildman–Crippen MR) is 56.3 cm³/mol. The van der Waals surface area contributed by atoms with Gasteiger partial charge in [-0.15, -0.1) is 0 Å². The van der Waals surface area contributed by atoms with Crippen LogP contribution in [0.25, 0.3) is 0 Å². The number of carboxylic acids is 1. The molecule has 0 amide bonds. The summed E-state index contributed by atoms with van der Waals surface area (Å²) in [5.41, 5.74) is 1.99. The van der Waals surface area contributed by atoms with Gasteiger partial charge in [0.1, 0.15) is 5.75 Å². The van der Waals surface area contributed by atoms with Crippen LogP contribution in [0.15, 0.2) is 18.2 Å². The Hall–Kier alpha value is -1.51. The highest BCUT2D eigenvalue weighted by Gasteiger charge is 2.31. The van der Waals surface area contributed by atoms with Crippen LogP contribution in [0.4, 0.5) is 0 Å². The Morgan fingerprint density at radius 2 is 2.27 bits per heavy atom. The van der Waals surface area contributed by atoms with E-state index in [0.29, 0.717) is 6.61 Å². The van der Waals surface area contributed by atoms with Crippen molar-refractivity contribution in [1.29, 1.82) is 0 Å². The van der Waals surface area contributed by atoms with Gasteiger partial charge in [0.25, 0.3) is 0 Å². The Morgan fingerprint density at radius 1 is 1.53 bits per heavy atom. The molecule has 0 saturated heterocycles. The Labute approximate surface area is 88.7 Å². The minimum atomic E-state index is -0.813. The van der Waals surface area contributed by atoms with Crippen molar-refractivity contribution in [2.75, 3.05) is 6.61 Å². The van der Waals surface area contributed by atoms with Gasteiger partial charge in [-0.1, -0.05) is 26.0 Å². The summed E-state index contributed by atoms with van der Waals surface area (Å²) in [5, 5.41) is 8.68. The summed E-state index contributed by atoms with van der Waals surface area (Å²) in [7, 11) is 0. The van der Waals surface area contributed by atoms with Crippen LogP contribution in [0.2, 0.25) is 0 Å². The van der Waals surface area contributed by atoms with Crippen molar-refractivity contribution in [3.8, 4) is 5.75 Å². The van der Waals surface area contributed by atoms with E-state index in [2.05, 4.69) is 13.8 Å². The molecular weight excluding hydrogens is 192 g/mol. The van der Waals surface area contributed by atoms with Crippen LogP contribution in [0.5, 0.6) is 5.75 Å². The molecule has 0 unspecified atom stereocenters. The Kier molecular flexibility index (Phi) is 2.18. The van der Waals surface area contributed by atoms with Crippen molar-refractivity contribution in [2.24, 2.45) is 0 Å². The van der Waals surface area contributed by atoms with E-state index in [-0.39, 0.29) is 11.8 Å². The lowest BCUT2D eigenvalue weighted by Crippen LogP contribution is -2.18. The summed E-state index contributed by atoms with van der Waals surface area (Å²) < 4.78 is 5.54. The van der Waals surface area contributed by atoms with Crippen molar-refractivity contribution in [1.82, 2.24) is 0 Å². The van der Waals surface area contributed by atoms with Gasteiger partial charge in [0, 0.05) is 11.0 Å². The van der Waals surface area contributed by atoms with Crippen LogP contribution in [0, 0.1) is 0 Å². The lowest BCUT2D eigenvalue weighted by atomic mass is 9.86. The van der Waals surface area contributed by atoms with E-state index in [4.69, 9.17) is 9.84 Å². The smallest absolute Gasteiger partial charge is 0.307 e. The number of aliphatic carboxylic acids is 1. The van der Waals surface area contributed by atoms with Crippen molar-refractivity contribution in [2.45, 2.75) is 25.7 Å². The van der Waals surface area contributed by atoms with E-state index in [1.54, 1.807) is 0 Å². The largest absolute Gasteiger partial charge is 0.492 e. The second kappa shape index (κ2) is 3.26. The molecule has 0 radical (unpaired) electrons. The maximum Gasteiger partial charge on any atom is 0.307 e. The van der Waals surface area contributed by atoms with Crippen LogP contribution < -0.4 is 4.74 Å². The highest BCUT2D eigenvalue weighted by Crippen LogP contribution is 2.38. The minimum absolute atomic E-state index is 0.0388. The van der Waals surface area contributed by atoms with Gasteiger partial charge in [0.15, 0.2) is 0 Å². The molecule has 3 heteroatoms. The third kappa shape index (κ3) is 1.82. The first-order valence-corrected chi connectivity index (χ1v) is 4.97. The molecule has 15 heavy (non-hydrogen) atoms. The number of ether oxygens (including phenoxy) is 1. The molecule has 1 aromatic carbocycles. The van der Waals surface area contributed by atoms with Gasteiger partial charge in [-0.2, -0.15) is 0 Å². The SMILES string of the molecule is CC1(C)COc2cc(CC(=O)O)ccc21. The minimum Gasteiger partial charge on any atom is -0.492 e. The average Bonchev–Trinajstić information content (AvgIpc) is 2.41. The van der Waals surface area contributed by atoms with Crippen molar-refractivity contribution in [3.63, 3.8) is 0 Å². The van der Waals surface area contributed by atoms with Gasteiger partial charge in [-0.3, -0.25) is 4.79 Å². The molecule has 0 atom stereocenters. The molecule has 1 aliphatic rings. The second-order valence-corrected chi connectivity index (χ2v) is 4.57. The van der Waals surface area contributed by atoms with Crippen LogP contribution in [-0.2, 0) is 16.6 Å². The number of fused-ring (bicyclic) bond motifs is 1. The van der Waals surface area contributed by atoms with E-state index in [1.807, 2.05) is 18.2 Å².